The van der Waals surface area contributed by atoms with Crippen LogP contribution in [0, 0.1) is 0 Å². The Kier molecular flexibility index (Phi) is 7.46. The lowest BCUT2D eigenvalue weighted by Crippen LogP contribution is -2.25. The van der Waals surface area contributed by atoms with Crippen LogP contribution in [0.2, 0.25) is 0 Å². The van der Waals surface area contributed by atoms with Gasteiger partial charge in [-0.2, -0.15) is 9.78 Å². The summed E-state index contributed by atoms with van der Waals surface area (Å²) < 4.78 is 8.12. The average Bonchev–Trinajstić information content (AvgIpc) is 2.93. The van der Waals surface area contributed by atoms with Crippen molar-refractivity contribution in [3.8, 4) is 5.75 Å². The number of aromatic nitrogens is 2. The van der Waals surface area contributed by atoms with E-state index in [9.17, 15) is 9.59 Å². The minimum absolute atomic E-state index is 0.169. The first-order chi connectivity index (χ1) is 18.0. The van der Waals surface area contributed by atoms with Gasteiger partial charge in [-0.25, -0.2) is 9.78 Å². The molecule has 0 radical (unpaired) electrons. The number of benzene rings is 3. The summed E-state index contributed by atoms with van der Waals surface area (Å²) in [7, 11) is 0. The van der Waals surface area contributed by atoms with Crippen LogP contribution in [0.4, 0.5) is 0 Å². The number of carboxylic acid groups (broad SMARTS) is 1. The highest BCUT2D eigenvalue weighted by Crippen LogP contribution is 2.32. The molecule has 8 heteroatoms. The van der Waals surface area contributed by atoms with Crippen LogP contribution in [-0.2, 0) is 6.61 Å². The van der Waals surface area contributed by atoms with Gasteiger partial charge in [-0.3, -0.25) is 4.79 Å². The van der Waals surface area contributed by atoms with E-state index in [1.807, 2.05) is 36.4 Å². The lowest BCUT2D eigenvalue weighted by molar-refractivity contribution is 0.0697. The molecule has 1 aliphatic carbocycles. The molecule has 1 aromatic heterocycles. The second-order valence-corrected chi connectivity index (χ2v) is 10.1. The van der Waals surface area contributed by atoms with E-state index in [1.165, 1.54) is 11.1 Å². The highest BCUT2D eigenvalue weighted by molar-refractivity contribution is 9.10. The minimum Gasteiger partial charge on any atom is -0.489 e. The van der Waals surface area contributed by atoms with Crippen LogP contribution >= 0.6 is 15.9 Å². The van der Waals surface area contributed by atoms with Gasteiger partial charge >= 0.3 is 5.97 Å². The summed E-state index contributed by atoms with van der Waals surface area (Å²) in [5.74, 6) is 0.665. The molecule has 1 saturated carbocycles. The Morgan fingerprint density at radius 2 is 1.78 bits per heavy atom. The molecule has 3 aromatic carbocycles. The van der Waals surface area contributed by atoms with E-state index >= 15 is 0 Å². The van der Waals surface area contributed by atoms with Crippen molar-refractivity contribution in [3.05, 3.63) is 104 Å². The molecule has 0 spiro atoms. The number of ether oxygens (including phenoxy) is 1. The van der Waals surface area contributed by atoms with Crippen molar-refractivity contribution in [3.63, 3.8) is 0 Å². The van der Waals surface area contributed by atoms with E-state index in [-0.39, 0.29) is 17.0 Å². The van der Waals surface area contributed by atoms with E-state index in [0.717, 1.165) is 47.1 Å². The van der Waals surface area contributed by atoms with E-state index in [4.69, 9.17) is 14.8 Å². The van der Waals surface area contributed by atoms with E-state index in [0.29, 0.717) is 23.3 Å². The van der Waals surface area contributed by atoms with Crippen LogP contribution in [0.25, 0.3) is 10.9 Å². The number of hydrogen-bond acceptors (Lipinski definition) is 5. The van der Waals surface area contributed by atoms with Gasteiger partial charge in [-0.05, 0) is 78.6 Å². The Hall–Kier alpha value is -3.78. The monoisotopic (exact) mass is 559 g/mol. The molecule has 0 amide bonds. The van der Waals surface area contributed by atoms with Gasteiger partial charge in [-0.15, -0.1) is 0 Å². The molecule has 1 N–H and O–H groups in total. The summed E-state index contributed by atoms with van der Waals surface area (Å²) in [6, 6.07) is 19.6. The predicted molar refractivity (Wildman–Crippen MR) is 147 cm³/mol. The van der Waals surface area contributed by atoms with Gasteiger partial charge in [0, 0.05) is 10.4 Å². The molecule has 0 atom stereocenters. The molecule has 1 aliphatic rings. The molecular formula is C29H26BrN3O4. The molecule has 1 fully saturated rings. The third-order valence-corrected chi connectivity index (χ3v) is 7.11. The zero-order valence-electron chi connectivity index (χ0n) is 20.1. The fourth-order valence-electron chi connectivity index (χ4n) is 4.59. The maximum Gasteiger partial charge on any atom is 0.335 e. The molecule has 4 aromatic rings. The summed E-state index contributed by atoms with van der Waals surface area (Å²) in [4.78, 5) is 29.3. The van der Waals surface area contributed by atoms with Gasteiger partial charge in [0.25, 0.3) is 5.56 Å². The van der Waals surface area contributed by atoms with Gasteiger partial charge in [0.05, 0.1) is 22.7 Å². The van der Waals surface area contributed by atoms with Gasteiger partial charge in [0.15, 0.2) is 0 Å². The largest absolute Gasteiger partial charge is 0.489 e. The zero-order chi connectivity index (χ0) is 25.8. The molecule has 188 valence electrons. The van der Waals surface area contributed by atoms with Gasteiger partial charge in [-0.1, -0.05) is 47.3 Å². The molecule has 1 heterocycles. The highest BCUT2D eigenvalue weighted by Gasteiger charge is 2.22. The Labute approximate surface area is 222 Å². The Morgan fingerprint density at radius 1 is 1.05 bits per heavy atom. The molecule has 5 rings (SSSR count). The number of fused-ring (bicyclic) bond motifs is 1. The fourth-order valence-corrected chi connectivity index (χ4v) is 4.95. The van der Waals surface area contributed by atoms with Crippen LogP contribution in [0.5, 0.6) is 5.75 Å². The number of halogens is 1. The molecule has 7 nitrogen and oxygen atoms in total. The van der Waals surface area contributed by atoms with Crippen molar-refractivity contribution in [2.45, 2.75) is 44.6 Å². The number of aromatic carboxylic acids is 1. The Balaban J connectivity index is 1.36. The van der Waals surface area contributed by atoms with Crippen molar-refractivity contribution in [2.75, 3.05) is 0 Å². The van der Waals surface area contributed by atoms with E-state index in [1.54, 1.807) is 36.5 Å². The first-order valence-electron chi connectivity index (χ1n) is 12.3. The SMILES string of the molecule is O=C(O)c1ccc(COc2ccc(C=Nn3c(C4CCCCC4)nc4ccc(Br)cc4c3=O)cc2)cc1. The van der Waals surface area contributed by atoms with E-state index in [2.05, 4.69) is 21.0 Å². The summed E-state index contributed by atoms with van der Waals surface area (Å²) in [5.41, 5.74) is 2.47. The Bertz CT molecular complexity index is 1510. The van der Waals surface area contributed by atoms with Crippen molar-refractivity contribution >= 4 is 39.0 Å². The van der Waals surface area contributed by atoms with Crippen molar-refractivity contribution < 1.29 is 14.6 Å². The average molecular weight is 560 g/mol. The first kappa shape index (κ1) is 24.9. The molecule has 0 saturated heterocycles. The van der Waals surface area contributed by atoms with Gasteiger partial charge in [0.1, 0.15) is 18.2 Å². The van der Waals surface area contributed by atoms with Gasteiger partial charge in [0.2, 0.25) is 0 Å². The third kappa shape index (κ3) is 5.80. The van der Waals surface area contributed by atoms with E-state index < -0.39 is 5.97 Å². The zero-order valence-corrected chi connectivity index (χ0v) is 21.7. The minimum atomic E-state index is -0.954. The fraction of sp³-hybridized carbons (Fsp3) is 0.241. The summed E-state index contributed by atoms with van der Waals surface area (Å²) in [6.45, 7) is 0.325. The molecule has 0 aliphatic heterocycles. The number of hydrogen-bond donors (Lipinski definition) is 1. The molecule has 0 bridgehead atoms. The third-order valence-electron chi connectivity index (χ3n) is 6.61. The first-order valence-corrected chi connectivity index (χ1v) is 13.1. The lowest BCUT2D eigenvalue weighted by atomic mass is 9.88. The molecule has 0 unspecified atom stereocenters. The summed E-state index contributed by atoms with van der Waals surface area (Å²) in [5, 5.41) is 14.1. The van der Waals surface area contributed by atoms with Crippen LogP contribution in [-0.4, -0.2) is 27.0 Å². The van der Waals surface area contributed by atoms with Gasteiger partial charge < -0.3 is 9.84 Å². The van der Waals surface area contributed by atoms with Crippen molar-refractivity contribution in [1.82, 2.24) is 9.66 Å². The number of carboxylic acids is 1. The summed E-state index contributed by atoms with van der Waals surface area (Å²) >= 11 is 3.46. The van der Waals surface area contributed by atoms with Crippen LogP contribution in [0.15, 0.2) is 81.1 Å². The molecule has 37 heavy (non-hydrogen) atoms. The molecular weight excluding hydrogens is 534 g/mol. The van der Waals surface area contributed by atoms with Crippen LogP contribution in [0.1, 0.15) is 65.3 Å². The number of carbonyl (C=O) groups is 1. The summed E-state index contributed by atoms with van der Waals surface area (Å²) in [6.07, 6.45) is 7.17. The smallest absolute Gasteiger partial charge is 0.335 e. The standard InChI is InChI=1S/C29H26BrN3O4/c30-23-12-15-26-25(16-23)28(34)33(27(32-26)21-4-2-1-3-5-21)31-17-19-8-13-24(14-9-19)37-18-20-6-10-22(11-7-20)29(35)36/h6-17,21H,1-5,18H2,(H,35,36). The normalized spacial score (nSPS) is 14.3. The second kappa shape index (κ2) is 11.1. The maximum atomic E-state index is 13.4. The van der Waals surface area contributed by atoms with Crippen molar-refractivity contribution in [1.29, 1.82) is 0 Å². The number of rotatable bonds is 7. The maximum absolute atomic E-state index is 13.4. The predicted octanol–water partition coefficient (Wildman–Crippen LogP) is 6.37. The van der Waals surface area contributed by atoms with Crippen LogP contribution < -0.4 is 10.3 Å². The second-order valence-electron chi connectivity index (χ2n) is 9.19. The lowest BCUT2D eigenvalue weighted by Gasteiger charge is -2.22. The number of nitrogens with zero attached hydrogens (tertiary/aromatic N) is 3. The topological polar surface area (TPSA) is 93.8 Å². The quantitative estimate of drug-likeness (QED) is 0.265. The van der Waals surface area contributed by atoms with Crippen molar-refractivity contribution in [2.24, 2.45) is 5.10 Å². The van der Waals surface area contributed by atoms with Crippen LogP contribution in [0.3, 0.4) is 0 Å². The highest BCUT2D eigenvalue weighted by atomic mass is 79.9. The Morgan fingerprint density at radius 3 is 2.49 bits per heavy atom.